The lowest BCUT2D eigenvalue weighted by Crippen LogP contribution is -2.30. The molecule has 0 saturated heterocycles. The minimum Gasteiger partial charge on any atom is -0.484 e. The fraction of sp³-hybridized carbons (Fsp3) is 0.467. The van der Waals surface area contributed by atoms with Crippen LogP contribution in [0.2, 0.25) is 0 Å². The first-order valence-corrected chi connectivity index (χ1v) is 6.87. The highest BCUT2D eigenvalue weighted by molar-refractivity contribution is 5.92. The first-order chi connectivity index (χ1) is 9.54. The fourth-order valence-corrected chi connectivity index (χ4v) is 1.60. The van der Waals surface area contributed by atoms with Gasteiger partial charge in [-0.25, -0.2) is 0 Å². The summed E-state index contributed by atoms with van der Waals surface area (Å²) in [5, 5.41) is 5.64. The van der Waals surface area contributed by atoms with E-state index >= 15 is 0 Å². The van der Waals surface area contributed by atoms with Crippen molar-refractivity contribution in [3.05, 3.63) is 24.3 Å². The van der Waals surface area contributed by atoms with Crippen LogP contribution in [0.3, 0.4) is 0 Å². The van der Waals surface area contributed by atoms with Crippen LogP contribution in [-0.2, 0) is 9.59 Å². The number of benzene rings is 1. The van der Waals surface area contributed by atoms with Gasteiger partial charge < -0.3 is 15.4 Å². The standard InChI is InChI=1S/C15H20N2O3/c1-10(2)15(19)17-12-4-3-5-13(8-12)20-9-14(18)16-11-6-7-11/h3-5,8,10-11H,6-7,9H2,1-2H3,(H,16,18)(H,17,19). The molecule has 1 fully saturated rings. The third kappa shape index (κ3) is 4.57. The van der Waals surface area contributed by atoms with Gasteiger partial charge in [-0.15, -0.1) is 0 Å². The Bertz CT molecular complexity index is 496. The molecule has 0 heterocycles. The Morgan fingerprint density at radius 2 is 2.10 bits per heavy atom. The van der Waals surface area contributed by atoms with E-state index in [0.29, 0.717) is 17.5 Å². The molecular formula is C15H20N2O3. The van der Waals surface area contributed by atoms with Crippen LogP contribution in [0, 0.1) is 5.92 Å². The van der Waals surface area contributed by atoms with Gasteiger partial charge in [0.1, 0.15) is 5.75 Å². The third-order valence-electron chi connectivity index (χ3n) is 2.94. The Morgan fingerprint density at radius 3 is 2.75 bits per heavy atom. The molecule has 5 nitrogen and oxygen atoms in total. The summed E-state index contributed by atoms with van der Waals surface area (Å²) in [5.41, 5.74) is 0.670. The lowest BCUT2D eigenvalue weighted by molar-refractivity contribution is -0.123. The van der Waals surface area contributed by atoms with Crippen molar-refractivity contribution in [1.82, 2.24) is 5.32 Å². The van der Waals surface area contributed by atoms with Crippen molar-refractivity contribution in [2.45, 2.75) is 32.7 Å². The van der Waals surface area contributed by atoms with Crippen LogP contribution in [0.25, 0.3) is 0 Å². The maximum absolute atomic E-state index is 11.6. The number of ether oxygens (including phenoxy) is 1. The summed E-state index contributed by atoms with van der Waals surface area (Å²) in [6.07, 6.45) is 2.12. The molecule has 1 aliphatic rings. The molecule has 0 aliphatic heterocycles. The molecular weight excluding hydrogens is 256 g/mol. The number of carbonyl (C=O) groups excluding carboxylic acids is 2. The summed E-state index contributed by atoms with van der Waals surface area (Å²) < 4.78 is 5.42. The second-order valence-corrected chi connectivity index (χ2v) is 5.30. The van der Waals surface area contributed by atoms with Gasteiger partial charge in [0.2, 0.25) is 5.91 Å². The van der Waals surface area contributed by atoms with Crippen LogP contribution < -0.4 is 15.4 Å². The van der Waals surface area contributed by atoms with Gasteiger partial charge in [0.25, 0.3) is 5.91 Å². The summed E-state index contributed by atoms with van der Waals surface area (Å²) in [7, 11) is 0. The number of anilines is 1. The van der Waals surface area contributed by atoms with Crippen molar-refractivity contribution in [3.63, 3.8) is 0 Å². The molecule has 0 bridgehead atoms. The van der Waals surface area contributed by atoms with Gasteiger partial charge in [-0.1, -0.05) is 19.9 Å². The molecule has 2 rings (SSSR count). The van der Waals surface area contributed by atoms with Crippen molar-refractivity contribution >= 4 is 17.5 Å². The van der Waals surface area contributed by atoms with Gasteiger partial charge in [0, 0.05) is 23.7 Å². The zero-order valence-corrected chi connectivity index (χ0v) is 11.8. The highest BCUT2D eigenvalue weighted by atomic mass is 16.5. The highest BCUT2D eigenvalue weighted by Gasteiger charge is 2.23. The summed E-state index contributed by atoms with van der Waals surface area (Å²) in [6, 6.07) is 7.38. The van der Waals surface area contributed by atoms with E-state index in [1.54, 1.807) is 24.3 Å². The second kappa shape index (κ2) is 6.41. The Hall–Kier alpha value is -2.04. The van der Waals surface area contributed by atoms with E-state index in [-0.39, 0.29) is 24.3 Å². The molecule has 5 heteroatoms. The Balaban J connectivity index is 1.85. The first-order valence-electron chi connectivity index (χ1n) is 6.87. The summed E-state index contributed by atoms with van der Waals surface area (Å²) >= 11 is 0. The second-order valence-electron chi connectivity index (χ2n) is 5.30. The van der Waals surface area contributed by atoms with E-state index in [9.17, 15) is 9.59 Å². The molecule has 2 N–H and O–H groups in total. The quantitative estimate of drug-likeness (QED) is 0.834. The van der Waals surface area contributed by atoms with Gasteiger partial charge >= 0.3 is 0 Å². The van der Waals surface area contributed by atoms with E-state index in [0.717, 1.165) is 12.8 Å². The Labute approximate surface area is 118 Å². The molecule has 0 unspecified atom stereocenters. The monoisotopic (exact) mass is 276 g/mol. The van der Waals surface area contributed by atoms with E-state index in [2.05, 4.69) is 10.6 Å². The van der Waals surface area contributed by atoms with Gasteiger partial charge in [-0.3, -0.25) is 9.59 Å². The van der Waals surface area contributed by atoms with E-state index < -0.39 is 0 Å². The van der Waals surface area contributed by atoms with Crippen molar-refractivity contribution in [2.75, 3.05) is 11.9 Å². The van der Waals surface area contributed by atoms with E-state index in [1.165, 1.54) is 0 Å². The molecule has 1 aromatic carbocycles. The largest absolute Gasteiger partial charge is 0.484 e. The Kier molecular flexibility index (Phi) is 4.61. The van der Waals surface area contributed by atoms with Gasteiger partial charge in [0.15, 0.2) is 6.61 Å². The zero-order valence-electron chi connectivity index (χ0n) is 11.8. The molecule has 0 aromatic heterocycles. The van der Waals surface area contributed by atoms with E-state index in [4.69, 9.17) is 4.74 Å². The topological polar surface area (TPSA) is 67.4 Å². The smallest absolute Gasteiger partial charge is 0.258 e. The molecule has 1 saturated carbocycles. The van der Waals surface area contributed by atoms with Crippen LogP contribution in [0.5, 0.6) is 5.75 Å². The minimum atomic E-state index is -0.107. The van der Waals surface area contributed by atoms with Crippen LogP contribution in [0.4, 0.5) is 5.69 Å². The molecule has 1 aliphatic carbocycles. The maximum Gasteiger partial charge on any atom is 0.258 e. The van der Waals surface area contributed by atoms with E-state index in [1.807, 2.05) is 13.8 Å². The third-order valence-corrected chi connectivity index (χ3v) is 2.94. The van der Waals surface area contributed by atoms with Crippen molar-refractivity contribution < 1.29 is 14.3 Å². The van der Waals surface area contributed by atoms with Crippen molar-refractivity contribution in [1.29, 1.82) is 0 Å². The molecule has 20 heavy (non-hydrogen) atoms. The number of carbonyl (C=O) groups is 2. The first kappa shape index (κ1) is 14.4. The number of hydrogen-bond acceptors (Lipinski definition) is 3. The SMILES string of the molecule is CC(C)C(=O)Nc1cccc(OCC(=O)NC2CC2)c1. The lowest BCUT2D eigenvalue weighted by Gasteiger charge is -2.10. The Morgan fingerprint density at radius 1 is 1.35 bits per heavy atom. The lowest BCUT2D eigenvalue weighted by atomic mass is 10.2. The molecule has 108 valence electrons. The predicted octanol–water partition coefficient (Wildman–Crippen LogP) is 1.94. The highest BCUT2D eigenvalue weighted by Crippen LogP contribution is 2.19. The van der Waals surface area contributed by atoms with Gasteiger partial charge in [-0.2, -0.15) is 0 Å². The zero-order chi connectivity index (χ0) is 14.5. The molecule has 1 aromatic rings. The fourth-order valence-electron chi connectivity index (χ4n) is 1.60. The molecule has 0 atom stereocenters. The predicted molar refractivity (Wildman–Crippen MR) is 76.6 cm³/mol. The van der Waals surface area contributed by atoms with Crippen LogP contribution in [-0.4, -0.2) is 24.5 Å². The summed E-state index contributed by atoms with van der Waals surface area (Å²) in [4.78, 5) is 23.1. The number of rotatable bonds is 6. The number of amides is 2. The summed E-state index contributed by atoms with van der Waals surface area (Å²) in [5.74, 6) is 0.333. The average Bonchev–Trinajstić information content (AvgIpc) is 3.20. The summed E-state index contributed by atoms with van der Waals surface area (Å²) in [6.45, 7) is 3.66. The van der Waals surface area contributed by atoms with Crippen LogP contribution in [0.1, 0.15) is 26.7 Å². The molecule has 0 radical (unpaired) electrons. The number of hydrogen-bond donors (Lipinski definition) is 2. The molecule has 0 spiro atoms. The van der Waals surface area contributed by atoms with Crippen molar-refractivity contribution in [2.24, 2.45) is 5.92 Å². The normalized spacial score (nSPS) is 13.9. The minimum absolute atomic E-state index is 0.00190. The molecule has 2 amide bonds. The van der Waals surface area contributed by atoms with Crippen LogP contribution >= 0.6 is 0 Å². The van der Waals surface area contributed by atoms with Gasteiger partial charge in [-0.05, 0) is 25.0 Å². The van der Waals surface area contributed by atoms with Gasteiger partial charge in [0.05, 0.1) is 0 Å². The van der Waals surface area contributed by atoms with Crippen molar-refractivity contribution in [3.8, 4) is 5.75 Å². The number of nitrogens with one attached hydrogen (secondary N) is 2. The average molecular weight is 276 g/mol. The van der Waals surface area contributed by atoms with Crippen LogP contribution in [0.15, 0.2) is 24.3 Å². The maximum atomic E-state index is 11.6.